The van der Waals surface area contributed by atoms with Gasteiger partial charge in [-0.2, -0.15) is 5.10 Å². The second-order valence-corrected chi connectivity index (χ2v) is 4.89. The molecule has 0 aromatic carbocycles. The van der Waals surface area contributed by atoms with E-state index in [-0.39, 0.29) is 0 Å². The number of nitrogens with zero attached hydrogens (tertiary/aromatic N) is 4. The maximum atomic E-state index is 6.03. The summed E-state index contributed by atoms with van der Waals surface area (Å²) in [5.74, 6) is 1.35. The van der Waals surface area contributed by atoms with Gasteiger partial charge in [-0.05, 0) is 25.8 Å². The highest BCUT2D eigenvalue weighted by Crippen LogP contribution is 2.39. The Balaban J connectivity index is 2.07. The van der Waals surface area contributed by atoms with Gasteiger partial charge in [0.2, 0.25) is 0 Å². The maximum absolute atomic E-state index is 6.03. The fourth-order valence-corrected chi connectivity index (χ4v) is 1.97. The van der Waals surface area contributed by atoms with Crippen LogP contribution in [0.3, 0.4) is 0 Å². The van der Waals surface area contributed by atoms with Crippen LogP contribution in [0, 0.1) is 6.92 Å². The minimum atomic E-state index is 0.497. The summed E-state index contributed by atoms with van der Waals surface area (Å²) < 4.78 is 1.84. The number of hydrogen-bond acceptors (Lipinski definition) is 3. The molecule has 2 heterocycles. The lowest BCUT2D eigenvalue weighted by Gasteiger charge is -2.01. The molecule has 88 valence electrons. The summed E-state index contributed by atoms with van der Waals surface area (Å²) >= 11 is 6.03. The van der Waals surface area contributed by atoms with Crippen LogP contribution in [0.4, 0.5) is 0 Å². The Morgan fingerprint density at radius 3 is 2.59 bits per heavy atom. The minimum absolute atomic E-state index is 0.497. The topological polar surface area (TPSA) is 43.6 Å². The molecule has 0 unspecified atom stereocenters. The van der Waals surface area contributed by atoms with Gasteiger partial charge in [0.1, 0.15) is 16.7 Å². The van der Waals surface area contributed by atoms with Crippen LogP contribution in [0.25, 0.3) is 11.4 Å². The first-order chi connectivity index (χ1) is 8.13. The van der Waals surface area contributed by atoms with Gasteiger partial charge in [-0.15, -0.1) is 0 Å². The van der Waals surface area contributed by atoms with Crippen LogP contribution in [-0.4, -0.2) is 19.7 Å². The summed E-state index contributed by atoms with van der Waals surface area (Å²) in [6.07, 6.45) is 2.34. The number of aryl methyl sites for hydroxylation is 2. The van der Waals surface area contributed by atoms with Gasteiger partial charge >= 0.3 is 0 Å². The van der Waals surface area contributed by atoms with Crippen LogP contribution >= 0.6 is 11.6 Å². The predicted molar refractivity (Wildman–Crippen MR) is 66.0 cm³/mol. The number of rotatable bonds is 2. The zero-order valence-electron chi connectivity index (χ0n) is 9.81. The molecule has 17 heavy (non-hydrogen) atoms. The summed E-state index contributed by atoms with van der Waals surface area (Å²) in [6, 6.07) is 3.78. The molecule has 1 fully saturated rings. The monoisotopic (exact) mass is 248 g/mol. The molecule has 2 aromatic rings. The van der Waals surface area contributed by atoms with Gasteiger partial charge in [0, 0.05) is 24.7 Å². The zero-order valence-corrected chi connectivity index (χ0v) is 10.6. The molecule has 0 spiro atoms. The van der Waals surface area contributed by atoms with Gasteiger partial charge in [-0.1, -0.05) is 11.6 Å². The van der Waals surface area contributed by atoms with Crippen LogP contribution in [-0.2, 0) is 7.05 Å². The zero-order chi connectivity index (χ0) is 12.0. The fraction of sp³-hybridized carbons (Fsp3) is 0.417. The average Bonchev–Trinajstić information content (AvgIpc) is 3.06. The Morgan fingerprint density at radius 1 is 1.24 bits per heavy atom. The molecule has 5 heteroatoms. The van der Waals surface area contributed by atoms with Crippen molar-refractivity contribution in [2.75, 3.05) is 0 Å². The smallest absolute Gasteiger partial charge is 0.133 e. The molecule has 4 nitrogen and oxygen atoms in total. The molecule has 0 saturated heterocycles. The van der Waals surface area contributed by atoms with E-state index >= 15 is 0 Å². The van der Waals surface area contributed by atoms with E-state index in [9.17, 15) is 0 Å². The van der Waals surface area contributed by atoms with Crippen molar-refractivity contribution in [1.29, 1.82) is 0 Å². The SMILES string of the molecule is Cc1cc(-c2cc(Cl)nc(C3CC3)n2)nn1C. The number of hydrogen-bond donors (Lipinski definition) is 0. The molecule has 1 aliphatic rings. The average molecular weight is 249 g/mol. The Labute approximate surface area is 105 Å². The van der Waals surface area contributed by atoms with E-state index < -0.39 is 0 Å². The fourth-order valence-electron chi connectivity index (χ4n) is 1.78. The van der Waals surface area contributed by atoms with E-state index in [1.807, 2.05) is 24.7 Å². The third kappa shape index (κ3) is 2.05. The van der Waals surface area contributed by atoms with E-state index in [2.05, 4.69) is 15.1 Å². The highest BCUT2D eigenvalue weighted by atomic mass is 35.5. The third-order valence-corrected chi connectivity index (χ3v) is 3.22. The molecular weight excluding hydrogens is 236 g/mol. The van der Waals surface area contributed by atoms with Crippen LogP contribution in [0.1, 0.15) is 30.3 Å². The first-order valence-corrected chi connectivity index (χ1v) is 6.07. The van der Waals surface area contributed by atoms with Crippen molar-refractivity contribution >= 4 is 11.6 Å². The highest BCUT2D eigenvalue weighted by Gasteiger charge is 2.27. The Kier molecular flexibility index (Phi) is 2.40. The molecule has 0 atom stereocenters. The van der Waals surface area contributed by atoms with Gasteiger partial charge < -0.3 is 0 Å². The molecule has 2 aromatic heterocycles. The molecule has 0 aliphatic heterocycles. The first-order valence-electron chi connectivity index (χ1n) is 5.69. The van der Waals surface area contributed by atoms with E-state index in [0.29, 0.717) is 11.1 Å². The lowest BCUT2D eigenvalue weighted by atomic mass is 10.2. The number of aromatic nitrogens is 4. The standard InChI is InChI=1S/C12H13ClN4/c1-7-5-10(16-17(7)2)9-6-11(13)15-12(14-9)8-3-4-8/h5-6,8H,3-4H2,1-2H3. The minimum Gasteiger partial charge on any atom is -0.272 e. The van der Waals surface area contributed by atoms with Gasteiger partial charge in [0.25, 0.3) is 0 Å². The van der Waals surface area contributed by atoms with E-state index in [1.165, 1.54) is 12.8 Å². The summed E-state index contributed by atoms with van der Waals surface area (Å²) in [6.45, 7) is 2.01. The van der Waals surface area contributed by atoms with Gasteiger partial charge in [-0.3, -0.25) is 4.68 Å². The molecule has 1 saturated carbocycles. The molecule has 3 rings (SSSR count). The quantitative estimate of drug-likeness (QED) is 0.768. The molecule has 0 radical (unpaired) electrons. The predicted octanol–water partition coefficient (Wildman–Crippen LogP) is 2.72. The highest BCUT2D eigenvalue weighted by molar-refractivity contribution is 6.29. The summed E-state index contributed by atoms with van der Waals surface area (Å²) in [7, 11) is 1.92. The van der Waals surface area contributed by atoms with Crippen molar-refractivity contribution in [1.82, 2.24) is 19.7 Å². The van der Waals surface area contributed by atoms with Crippen molar-refractivity contribution < 1.29 is 0 Å². The van der Waals surface area contributed by atoms with E-state index in [0.717, 1.165) is 22.9 Å². The molecule has 0 bridgehead atoms. The van der Waals surface area contributed by atoms with Gasteiger partial charge in [-0.25, -0.2) is 9.97 Å². The van der Waals surface area contributed by atoms with Crippen molar-refractivity contribution in [3.05, 3.63) is 28.8 Å². The van der Waals surface area contributed by atoms with Gasteiger partial charge in [0.15, 0.2) is 0 Å². The molecule has 0 N–H and O–H groups in total. The Hall–Kier alpha value is -1.42. The summed E-state index contributed by atoms with van der Waals surface area (Å²) in [5.41, 5.74) is 2.77. The summed E-state index contributed by atoms with van der Waals surface area (Å²) in [5, 5.41) is 4.91. The number of halogens is 1. The normalized spacial score (nSPS) is 15.2. The maximum Gasteiger partial charge on any atom is 0.133 e. The van der Waals surface area contributed by atoms with Crippen LogP contribution in [0.2, 0.25) is 5.15 Å². The lowest BCUT2D eigenvalue weighted by molar-refractivity contribution is 0.741. The first kappa shape index (κ1) is 10.7. The Morgan fingerprint density at radius 2 is 2.00 bits per heavy atom. The van der Waals surface area contributed by atoms with Gasteiger partial charge in [0.05, 0.1) is 5.69 Å². The largest absolute Gasteiger partial charge is 0.272 e. The Bertz CT molecular complexity index is 552. The molecule has 1 aliphatic carbocycles. The lowest BCUT2D eigenvalue weighted by Crippen LogP contribution is -1.97. The van der Waals surface area contributed by atoms with Crippen LogP contribution < -0.4 is 0 Å². The second-order valence-electron chi connectivity index (χ2n) is 4.50. The second kappa shape index (κ2) is 3.81. The third-order valence-electron chi connectivity index (χ3n) is 3.03. The van der Waals surface area contributed by atoms with E-state index in [4.69, 9.17) is 11.6 Å². The van der Waals surface area contributed by atoms with Crippen molar-refractivity contribution in [3.63, 3.8) is 0 Å². The van der Waals surface area contributed by atoms with Crippen LogP contribution in [0.5, 0.6) is 0 Å². The van der Waals surface area contributed by atoms with Crippen LogP contribution in [0.15, 0.2) is 12.1 Å². The summed E-state index contributed by atoms with van der Waals surface area (Å²) in [4.78, 5) is 8.82. The van der Waals surface area contributed by atoms with Crippen molar-refractivity contribution in [2.24, 2.45) is 7.05 Å². The van der Waals surface area contributed by atoms with Crippen molar-refractivity contribution in [2.45, 2.75) is 25.7 Å². The molecular formula is C12H13ClN4. The van der Waals surface area contributed by atoms with E-state index in [1.54, 1.807) is 6.07 Å². The molecule has 0 amide bonds. The van der Waals surface area contributed by atoms with Crippen molar-refractivity contribution in [3.8, 4) is 11.4 Å².